The predicted molar refractivity (Wildman–Crippen MR) is 101 cm³/mol. The quantitative estimate of drug-likeness (QED) is 0.763. The number of carbonyl (C=O) groups excluding carboxylic acids is 1. The topological polar surface area (TPSA) is 48.0 Å². The molecule has 1 fully saturated rings. The highest BCUT2D eigenvalue weighted by Gasteiger charge is 2.34. The Morgan fingerprint density at radius 3 is 2.32 bits per heavy atom. The lowest BCUT2D eigenvalue weighted by Crippen LogP contribution is -2.27. The molecule has 0 radical (unpaired) electrons. The molecule has 1 aromatic heterocycles. The SMILES string of the molecule is COc1cc(CN2C(=O)CSC2c2ccc(C)s2)cc(OC)c1OC. The van der Waals surface area contributed by atoms with Gasteiger partial charge in [-0.2, -0.15) is 0 Å². The lowest BCUT2D eigenvalue weighted by molar-refractivity contribution is -0.128. The minimum atomic E-state index is 0.0605. The molecule has 2 aromatic rings. The Morgan fingerprint density at radius 2 is 1.80 bits per heavy atom. The summed E-state index contributed by atoms with van der Waals surface area (Å²) in [6.07, 6.45) is 0. The van der Waals surface area contributed by atoms with Crippen molar-refractivity contribution in [3.63, 3.8) is 0 Å². The van der Waals surface area contributed by atoms with Gasteiger partial charge >= 0.3 is 0 Å². The van der Waals surface area contributed by atoms with E-state index in [0.717, 1.165) is 5.56 Å². The van der Waals surface area contributed by atoms with Crippen molar-refractivity contribution in [2.75, 3.05) is 27.1 Å². The molecular weight excluding hydrogens is 358 g/mol. The van der Waals surface area contributed by atoms with Crippen molar-refractivity contribution in [2.45, 2.75) is 18.8 Å². The number of hydrogen-bond acceptors (Lipinski definition) is 6. The number of nitrogens with zero attached hydrogens (tertiary/aromatic N) is 1. The summed E-state index contributed by atoms with van der Waals surface area (Å²) in [7, 11) is 4.76. The molecule has 0 saturated carbocycles. The first-order chi connectivity index (χ1) is 12.1. The van der Waals surface area contributed by atoms with Crippen LogP contribution in [0.15, 0.2) is 24.3 Å². The van der Waals surface area contributed by atoms with E-state index in [2.05, 4.69) is 19.1 Å². The highest BCUT2D eigenvalue weighted by Crippen LogP contribution is 2.44. The van der Waals surface area contributed by atoms with Crippen LogP contribution >= 0.6 is 23.1 Å². The number of hydrogen-bond donors (Lipinski definition) is 0. The second kappa shape index (κ2) is 7.58. The zero-order valence-electron chi connectivity index (χ0n) is 14.7. The molecule has 0 N–H and O–H groups in total. The van der Waals surface area contributed by atoms with Crippen LogP contribution in [0.3, 0.4) is 0 Å². The van der Waals surface area contributed by atoms with Crippen molar-refractivity contribution in [1.82, 2.24) is 4.90 Å². The lowest BCUT2D eigenvalue weighted by atomic mass is 10.1. The summed E-state index contributed by atoms with van der Waals surface area (Å²) in [4.78, 5) is 16.8. The van der Waals surface area contributed by atoms with E-state index in [4.69, 9.17) is 14.2 Å². The second-order valence-corrected chi connectivity index (χ2v) is 8.06. The number of thiophene rings is 1. The standard InChI is InChI=1S/C18H21NO4S2/c1-11-5-6-15(25-11)18-19(16(20)10-24-18)9-12-7-13(21-2)17(23-4)14(8-12)22-3/h5-8,18H,9-10H2,1-4H3. The zero-order chi connectivity index (χ0) is 18.0. The van der Waals surface area contributed by atoms with Crippen molar-refractivity contribution in [2.24, 2.45) is 0 Å². The molecule has 1 unspecified atom stereocenters. The third kappa shape index (κ3) is 3.57. The van der Waals surface area contributed by atoms with Gasteiger partial charge in [0.2, 0.25) is 11.7 Å². The van der Waals surface area contributed by atoms with Crippen molar-refractivity contribution >= 4 is 29.0 Å². The number of ether oxygens (including phenoxy) is 3. The molecule has 25 heavy (non-hydrogen) atoms. The van der Waals surface area contributed by atoms with Crippen molar-refractivity contribution in [3.05, 3.63) is 39.6 Å². The maximum Gasteiger partial charge on any atom is 0.234 e. The van der Waals surface area contributed by atoms with Crippen LogP contribution in [-0.4, -0.2) is 37.9 Å². The summed E-state index contributed by atoms with van der Waals surface area (Å²) in [5.74, 6) is 2.40. The van der Waals surface area contributed by atoms with Gasteiger partial charge in [0.15, 0.2) is 11.5 Å². The molecule has 7 heteroatoms. The van der Waals surface area contributed by atoms with E-state index in [9.17, 15) is 4.79 Å². The number of amides is 1. The van der Waals surface area contributed by atoms with Crippen molar-refractivity contribution in [1.29, 1.82) is 0 Å². The second-order valence-electron chi connectivity index (χ2n) is 5.67. The fourth-order valence-electron chi connectivity index (χ4n) is 2.87. The molecule has 5 nitrogen and oxygen atoms in total. The van der Waals surface area contributed by atoms with Gasteiger partial charge in [0.25, 0.3) is 0 Å². The van der Waals surface area contributed by atoms with Gasteiger partial charge in [-0.25, -0.2) is 0 Å². The summed E-state index contributed by atoms with van der Waals surface area (Å²) < 4.78 is 16.2. The van der Waals surface area contributed by atoms with Crippen LogP contribution in [0.4, 0.5) is 0 Å². The summed E-state index contributed by atoms with van der Waals surface area (Å²) in [6.45, 7) is 2.59. The number of rotatable bonds is 6. The summed E-state index contributed by atoms with van der Waals surface area (Å²) >= 11 is 3.41. The molecule has 1 aromatic carbocycles. The Hall–Kier alpha value is -1.86. The van der Waals surface area contributed by atoms with Crippen molar-refractivity contribution in [3.8, 4) is 17.2 Å². The molecule has 1 amide bonds. The van der Waals surface area contributed by atoms with Gasteiger partial charge in [0, 0.05) is 16.3 Å². The van der Waals surface area contributed by atoms with E-state index in [0.29, 0.717) is 29.5 Å². The Balaban J connectivity index is 1.90. The van der Waals surface area contributed by atoms with E-state index in [1.807, 2.05) is 17.0 Å². The minimum absolute atomic E-state index is 0.0605. The lowest BCUT2D eigenvalue weighted by Gasteiger charge is -2.24. The Kier molecular flexibility index (Phi) is 5.44. The average Bonchev–Trinajstić information content (AvgIpc) is 3.20. The Labute approximate surface area is 155 Å². The third-order valence-electron chi connectivity index (χ3n) is 4.05. The molecule has 0 aliphatic carbocycles. The Bertz CT molecular complexity index is 749. The number of benzene rings is 1. The molecule has 1 aliphatic rings. The highest BCUT2D eigenvalue weighted by molar-refractivity contribution is 8.00. The maximum absolute atomic E-state index is 12.4. The molecule has 0 spiro atoms. The van der Waals surface area contributed by atoms with Crippen LogP contribution < -0.4 is 14.2 Å². The van der Waals surface area contributed by atoms with Gasteiger partial charge < -0.3 is 19.1 Å². The molecule has 2 heterocycles. The summed E-state index contributed by atoms with van der Waals surface area (Å²) in [5, 5.41) is 0.0605. The molecule has 0 bridgehead atoms. The van der Waals surface area contributed by atoms with Gasteiger partial charge in [-0.1, -0.05) is 0 Å². The van der Waals surface area contributed by atoms with E-state index < -0.39 is 0 Å². The maximum atomic E-state index is 12.4. The minimum Gasteiger partial charge on any atom is -0.493 e. The van der Waals surface area contributed by atoms with E-state index in [1.165, 1.54) is 9.75 Å². The van der Waals surface area contributed by atoms with Gasteiger partial charge in [0.1, 0.15) is 5.37 Å². The highest BCUT2D eigenvalue weighted by atomic mass is 32.2. The number of methoxy groups -OCH3 is 3. The van der Waals surface area contributed by atoms with E-state index >= 15 is 0 Å². The van der Waals surface area contributed by atoms with Crippen LogP contribution in [0.5, 0.6) is 17.2 Å². The molecular formula is C18H21NO4S2. The van der Waals surface area contributed by atoms with E-state index in [1.54, 1.807) is 44.4 Å². The first-order valence-corrected chi connectivity index (χ1v) is 9.70. The van der Waals surface area contributed by atoms with Crippen LogP contribution in [0, 0.1) is 6.92 Å². The number of thioether (sulfide) groups is 1. The predicted octanol–water partition coefficient (Wildman–Crippen LogP) is 3.86. The van der Waals surface area contributed by atoms with Gasteiger partial charge in [-0.15, -0.1) is 23.1 Å². The van der Waals surface area contributed by atoms with Crippen LogP contribution in [-0.2, 0) is 11.3 Å². The fraction of sp³-hybridized carbons (Fsp3) is 0.389. The number of aryl methyl sites for hydroxylation is 1. The van der Waals surface area contributed by atoms with Gasteiger partial charge in [-0.05, 0) is 36.8 Å². The molecule has 3 rings (SSSR count). The molecule has 134 valence electrons. The monoisotopic (exact) mass is 379 g/mol. The first-order valence-electron chi connectivity index (χ1n) is 7.83. The van der Waals surface area contributed by atoms with E-state index in [-0.39, 0.29) is 11.3 Å². The third-order valence-corrected chi connectivity index (χ3v) is 6.49. The van der Waals surface area contributed by atoms with Crippen LogP contribution in [0.1, 0.15) is 20.7 Å². The Morgan fingerprint density at radius 1 is 1.12 bits per heavy atom. The zero-order valence-corrected chi connectivity index (χ0v) is 16.3. The van der Waals surface area contributed by atoms with Crippen molar-refractivity contribution < 1.29 is 19.0 Å². The summed E-state index contributed by atoms with van der Waals surface area (Å²) in [5.41, 5.74) is 0.948. The van der Waals surface area contributed by atoms with Gasteiger partial charge in [-0.3, -0.25) is 4.79 Å². The summed E-state index contributed by atoms with van der Waals surface area (Å²) in [6, 6.07) is 8.00. The van der Waals surface area contributed by atoms with Crippen LogP contribution in [0.25, 0.3) is 0 Å². The first kappa shape index (κ1) is 17.9. The molecule has 1 atom stereocenters. The number of carbonyl (C=O) groups is 1. The average molecular weight is 380 g/mol. The molecule has 1 aliphatic heterocycles. The molecule has 1 saturated heterocycles. The fourth-order valence-corrected chi connectivity index (χ4v) is 5.17. The normalized spacial score (nSPS) is 17.0. The van der Waals surface area contributed by atoms with Crippen LogP contribution in [0.2, 0.25) is 0 Å². The largest absolute Gasteiger partial charge is 0.493 e. The smallest absolute Gasteiger partial charge is 0.234 e. The van der Waals surface area contributed by atoms with Gasteiger partial charge in [0.05, 0.1) is 27.1 Å².